The number of piperidine rings is 1. The van der Waals surface area contributed by atoms with Gasteiger partial charge in [-0.1, -0.05) is 12.1 Å². The molecule has 2 atom stereocenters. The number of carbonyl (C=O) groups is 2. The van der Waals surface area contributed by atoms with E-state index in [2.05, 4.69) is 15.6 Å². The van der Waals surface area contributed by atoms with E-state index < -0.39 is 6.04 Å². The lowest BCUT2D eigenvalue weighted by Gasteiger charge is -2.24. The van der Waals surface area contributed by atoms with Crippen LogP contribution in [-0.2, 0) is 4.79 Å². The number of hydrogen-bond donors (Lipinski definition) is 3. The molecule has 1 aliphatic rings. The molecule has 1 aromatic heterocycles. The number of ketones is 1. The first-order valence-electron chi connectivity index (χ1n) is 8.80. The van der Waals surface area contributed by atoms with E-state index in [1.54, 1.807) is 0 Å². The molecule has 4 N–H and O–H groups in total. The molecule has 1 amide bonds. The topological polar surface area (TPSA) is 97.1 Å². The molecule has 1 unspecified atom stereocenters. The number of amides is 1. The predicted octanol–water partition coefficient (Wildman–Crippen LogP) is 1.70. The SMILES string of the molecule is NCCC[C@H](NC(=O)C1CCCNC1)C(=O)c1nc2ccccc2s1. The molecule has 1 saturated heterocycles. The summed E-state index contributed by atoms with van der Waals surface area (Å²) in [4.78, 5) is 29.9. The van der Waals surface area contributed by atoms with Crippen molar-refractivity contribution in [2.24, 2.45) is 11.7 Å². The number of carbonyl (C=O) groups excluding carboxylic acids is 2. The van der Waals surface area contributed by atoms with Gasteiger partial charge in [0.2, 0.25) is 11.7 Å². The van der Waals surface area contributed by atoms with Crippen molar-refractivity contribution in [3.8, 4) is 0 Å². The Kier molecular flexibility index (Phi) is 6.12. The van der Waals surface area contributed by atoms with Crippen LogP contribution in [0.2, 0.25) is 0 Å². The number of hydrogen-bond acceptors (Lipinski definition) is 6. The summed E-state index contributed by atoms with van der Waals surface area (Å²) < 4.78 is 0.978. The number of nitrogens with two attached hydrogens (primary N) is 1. The van der Waals surface area contributed by atoms with E-state index in [4.69, 9.17) is 5.73 Å². The van der Waals surface area contributed by atoms with Crippen LogP contribution in [0.1, 0.15) is 35.5 Å². The van der Waals surface area contributed by atoms with E-state index in [1.807, 2.05) is 24.3 Å². The molecule has 3 rings (SSSR count). The summed E-state index contributed by atoms with van der Waals surface area (Å²) in [5.41, 5.74) is 6.42. The third-order valence-corrected chi connectivity index (χ3v) is 5.55. The number of nitrogens with one attached hydrogen (secondary N) is 2. The van der Waals surface area contributed by atoms with Crippen molar-refractivity contribution in [1.82, 2.24) is 15.6 Å². The third kappa shape index (κ3) is 4.42. The van der Waals surface area contributed by atoms with E-state index in [1.165, 1.54) is 11.3 Å². The van der Waals surface area contributed by atoms with Gasteiger partial charge in [0, 0.05) is 6.54 Å². The Morgan fingerprint density at radius 2 is 2.24 bits per heavy atom. The first-order valence-corrected chi connectivity index (χ1v) is 9.61. The van der Waals surface area contributed by atoms with Crippen LogP contribution >= 0.6 is 11.3 Å². The van der Waals surface area contributed by atoms with Crippen LogP contribution in [0.25, 0.3) is 10.2 Å². The quantitative estimate of drug-likeness (QED) is 0.653. The van der Waals surface area contributed by atoms with E-state index >= 15 is 0 Å². The van der Waals surface area contributed by atoms with Gasteiger partial charge in [-0.15, -0.1) is 11.3 Å². The molecule has 1 aromatic carbocycles. The molecule has 1 fully saturated rings. The molecular formula is C18H24N4O2S. The number of fused-ring (bicyclic) bond motifs is 1. The first-order chi connectivity index (χ1) is 12.2. The minimum absolute atomic E-state index is 0.0521. The Balaban J connectivity index is 1.74. The van der Waals surface area contributed by atoms with Crippen LogP contribution in [0.4, 0.5) is 0 Å². The van der Waals surface area contributed by atoms with E-state index in [-0.39, 0.29) is 17.6 Å². The number of aromatic nitrogens is 1. The largest absolute Gasteiger partial charge is 0.346 e. The molecule has 0 aliphatic carbocycles. The predicted molar refractivity (Wildman–Crippen MR) is 99.8 cm³/mol. The molecule has 2 heterocycles. The molecule has 134 valence electrons. The summed E-state index contributed by atoms with van der Waals surface area (Å²) in [6.07, 6.45) is 3.07. The van der Waals surface area contributed by atoms with Crippen molar-refractivity contribution in [3.05, 3.63) is 29.3 Å². The van der Waals surface area contributed by atoms with Crippen molar-refractivity contribution >= 4 is 33.2 Å². The number of Topliss-reactive ketones (excluding diaryl/α,β-unsaturated/α-hetero) is 1. The van der Waals surface area contributed by atoms with Crippen molar-refractivity contribution in [2.45, 2.75) is 31.7 Å². The van der Waals surface area contributed by atoms with Gasteiger partial charge < -0.3 is 16.4 Å². The highest BCUT2D eigenvalue weighted by Crippen LogP contribution is 2.23. The minimum atomic E-state index is -0.557. The average molecular weight is 360 g/mol. The van der Waals surface area contributed by atoms with Gasteiger partial charge in [-0.05, 0) is 50.9 Å². The van der Waals surface area contributed by atoms with Gasteiger partial charge in [-0.2, -0.15) is 0 Å². The van der Waals surface area contributed by atoms with Crippen molar-refractivity contribution in [2.75, 3.05) is 19.6 Å². The van der Waals surface area contributed by atoms with Gasteiger partial charge in [0.05, 0.1) is 22.2 Å². The van der Waals surface area contributed by atoms with Gasteiger partial charge in [-0.25, -0.2) is 4.98 Å². The molecule has 0 bridgehead atoms. The highest BCUT2D eigenvalue weighted by molar-refractivity contribution is 7.20. The molecule has 0 radical (unpaired) electrons. The summed E-state index contributed by atoms with van der Waals surface area (Å²) in [7, 11) is 0. The summed E-state index contributed by atoms with van der Waals surface area (Å²) >= 11 is 1.37. The normalized spacial score (nSPS) is 18.8. The second-order valence-corrected chi connectivity index (χ2v) is 7.42. The summed E-state index contributed by atoms with van der Waals surface area (Å²) in [5, 5.41) is 6.63. The monoisotopic (exact) mass is 360 g/mol. The van der Waals surface area contributed by atoms with Gasteiger partial charge >= 0.3 is 0 Å². The molecule has 25 heavy (non-hydrogen) atoms. The molecule has 2 aromatic rings. The molecule has 6 nitrogen and oxygen atoms in total. The van der Waals surface area contributed by atoms with Crippen molar-refractivity contribution in [3.63, 3.8) is 0 Å². The second kappa shape index (κ2) is 8.51. The highest BCUT2D eigenvalue weighted by Gasteiger charge is 2.28. The lowest BCUT2D eigenvalue weighted by Crippen LogP contribution is -2.47. The van der Waals surface area contributed by atoms with E-state index in [0.717, 1.165) is 29.6 Å². The molecular weight excluding hydrogens is 336 g/mol. The zero-order chi connectivity index (χ0) is 17.6. The first kappa shape index (κ1) is 18.0. The maximum atomic E-state index is 12.9. The zero-order valence-corrected chi connectivity index (χ0v) is 15.0. The number of nitrogens with zero attached hydrogens (tertiary/aromatic N) is 1. The fourth-order valence-corrected chi connectivity index (χ4v) is 4.04. The van der Waals surface area contributed by atoms with Crippen molar-refractivity contribution < 1.29 is 9.59 Å². The standard InChI is InChI=1S/C18H24N4O2S/c19-9-3-7-14(21-17(24)12-5-4-10-20-11-12)16(23)18-22-13-6-1-2-8-15(13)25-18/h1-2,6,8,12,14,20H,3-5,7,9-11,19H2,(H,21,24)/t12?,14-/m0/s1. The van der Waals surface area contributed by atoms with E-state index in [9.17, 15) is 9.59 Å². The Morgan fingerprint density at radius 3 is 2.96 bits per heavy atom. The Labute approximate surface area is 151 Å². The van der Waals surface area contributed by atoms with Crippen LogP contribution in [0.15, 0.2) is 24.3 Å². The maximum absolute atomic E-state index is 12.9. The number of para-hydroxylation sites is 1. The molecule has 0 spiro atoms. The zero-order valence-electron chi connectivity index (χ0n) is 14.2. The van der Waals surface area contributed by atoms with Crippen LogP contribution in [0.5, 0.6) is 0 Å². The van der Waals surface area contributed by atoms with Crippen LogP contribution in [0.3, 0.4) is 0 Å². The van der Waals surface area contributed by atoms with E-state index in [0.29, 0.717) is 30.9 Å². The lowest BCUT2D eigenvalue weighted by molar-refractivity contribution is -0.126. The lowest BCUT2D eigenvalue weighted by atomic mass is 9.97. The number of thiazole rings is 1. The fraction of sp³-hybridized carbons (Fsp3) is 0.500. The third-order valence-electron chi connectivity index (χ3n) is 4.50. The van der Waals surface area contributed by atoms with Crippen LogP contribution in [-0.4, -0.2) is 42.4 Å². The van der Waals surface area contributed by atoms with Gasteiger partial charge in [0.25, 0.3) is 0 Å². The summed E-state index contributed by atoms with van der Waals surface area (Å²) in [5.74, 6) is -0.243. The molecule has 7 heteroatoms. The maximum Gasteiger partial charge on any atom is 0.224 e. The van der Waals surface area contributed by atoms with Crippen LogP contribution < -0.4 is 16.4 Å². The van der Waals surface area contributed by atoms with Crippen molar-refractivity contribution in [1.29, 1.82) is 0 Å². The Hall–Kier alpha value is -1.83. The van der Waals surface area contributed by atoms with Crippen LogP contribution in [0, 0.1) is 5.92 Å². The van der Waals surface area contributed by atoms with Gasteiger partial charge in [-0.3, -0.25) is 9.59 Å². The molecule has 1 aliphatic heterocycles. The van der Waals surface area contributed by atoms with Gasteiger partial charge in [0.15, 0.2) is 5.01 Å². The summed E-state index contributed by atoms with van der Waals surface area (Å²) in [6, 6.07) is 7.12. The smallest absolute Gasteiger partial charge is 0.224 e. The number of benzene rings is 1. The van der Waals surface area contributed by atoms with Gasteiger partial charge in [0.1, 0.15) is 0 Å². The Morgan fingerprint density at radius 1 is 1.40 bits per heavy atom. The molecule has 0 saturated carbocycles. The second-order valence-electron chi connectivity index (χ2n) is 6.39. The average Bonchev–Trinajstić information content (AvgIpc) is 3.09. The number of rotatable bonds is 7. The minimum Gasteiger partial charge on any atom is -0.346 e. The fourth-order valence-electron chi connectivity index (χ4n) is 3.08. The Bertz CT molecular complexity index is 707. The highest BCUT2D eigenvalue weighted by atomic mass is 32.1. The summed E-state index contributed by atoms with van der Waals surface area (Å²) in [6.45, 7) is 2.11.